The van der Waals surface area contributed by atoms with E-state index in [-0.39, 0.29) is 30.5 Å². The van der Waals surface area contributed by atoms with Crippen LogP contribution >= 0.6 is 11.6 Å². The standard InChI is InChI=1S/C28H40ClNO5/c1-16(2)23-8-20-9-26(14-31)22-7-6-17(3)21(22)10-27(20,28(23,26)25(32)33)15-34-24-13-30(11-18(4)29)12-19(5)35-24/h8,14,16-17,19-22,24H,4,6-7,9-13,15H2,1-3,5H3,(H,32,33)/t17-,19-,20-,21-,22-,24-,26-,27+,28+/m1/s1. The summed E-state index contributed by atoms with van der Waals surface area (Å²) in [5.41, 5.74) is -1.77. The first-order chi connectivity index (χ1) is 16.5. The summed E-state index contributed by atoms with van der Waals surface area (Å²) in [6.45, 7) is 14.4. The number of ether oxygens (including phenoxy) is 2. The third kappa shape index (κ3) is 3.32. The fraction of sp³-hybridized carbons (Fsp3) is 0.786. The molecule has 6 nitrogen and oxygen atoms in total. The normalized spacial score (nSPS) is 46.5. The van der Waals surface area contributed by atoms with Gasteiger partial charge in [0.25, 0.3) is 0 Å². The monoisotopic (exact) mass is 505 g/mol. The predicted octanol–water partition coefficient (Wildman–Crippen LogP) is 4.73. The summed E-state index contributed by atoms with van der Waals surface area (Å²) in [4.78, 5) is 28.8. The number of nitrogens with zero attached hydrogens (tertiary/aromatic N) is 1. The van der Waals surface area contributed by atoms with Gasteiger partial charge in [-0.3, -0.25) is 9.69 Å². The van der Waals surface area contributed by atoms with Crippen LogP contribution in [0, 0.1) is 45.8 Å². The predicted molar refractivity (Wildman–Crippen MR) is 134 cm³/mol. The zero-order valence-corrected chi connectivity index (χ0v) is 22.2. The van der Waals surface area contributed by atoms with Gasteiger partial charge >= 0.3 is 5.97 Å². The molecule has 5 rings (SSSR count). The van der Waals surface area contributed by atoms with Crippen LogP contribution in [0.1, 0.15) is 53.4 Å². The van der Waals surface area contributed by atoms with Crippen molar-refractivity contribution in [3.63, 3.8) is 0 Å². The Hall–Kier alpha value is -1.21. The molecule has 0 amide bonds. The highest BCUT2D eigenvalue weighted by Gasteiger charge is 2.84. The van der Waals surface area contributed by atoms with Crippen molar-refractivity contribution in [2.24, 2.45) is 45.8 Å². The first kappa shape index (κ1) is 25.4. The summed E-state index contributed by atoms with van der Waals surface area (Å²) >= 11 is 6.07. The molecular formula is C28H40ClNO5. The molecule has 3 saturated carbocycles. The first-order valence-corrected chi connectivity index (χ1v) is 13.6. The van der Waals surface area contributed by atoms with E-state index in [0.29, 0.717) is 36.4 Å². The van der Waals surface area contributed by atoms with Crippen molar-refractivity contribution in [1.29, 1.82) is 0 Å². The van der Waals surface area contributed by atoms with Crippen LogP contribution in [-0.4, -0.2) is 60.9 Å². The van der Waals surface area contributed by atoms with Crippen LogP contribution in [0.5, 0.6) is 0 Å². The third-order valence-corrected chi connectivity index (χ3v) is 10.5. The number of halogens is 1. The molecule has 0 spiro atoms. The largest absolute Gasteiger partial charge is 0.481 e. The number of carboxylic acid groups (broad SMARTS) is 1. The van der Waals surface area contributed by atoms with Gasteiger partial charge in [-0.15, -0.1) is 0 Å². The number of morpholine rings is 1. The number of aldehydes is 1. The fourth-order valence-electron chi connectivity index (χ4n) is 9.33. The molecule has 0 aromatic carbocycles. The lowest BCUT2D eigenvalue weighted by Gasteiger charge is -2.58. The minimum atomic E-state index is -1.21. The van der Waals surface area contributed by atoms with Crippen molar-refractivity contribution in [3.8, 4) is 0 Å². The average molecular weight is 506 g/mol. The van der Waals surface area contributed by atoms with E-state index in [1.54, 1.807) is 0 Å². The van der Waals surface area contributed by atoms with Gasteiger partial charge in [0.05, 0.1) is 18.1 Å². The third-order valence-electron chi connectivity index (χ3n) is 10.4. The summed E-state index contributed by atoms with van der Waals surface area (Å²) in [6.07, 6.45) is 6.19. The highest BCUT2D eigenvalue weighted by molar-refractivity contribution is 6.29. The lowest BCUT2D eigenvalue weighted by molar-refractivity contribution is -0.235. The van der Waals surface area contributed by atoms with Crippen molar-refractivity contribution in [2.75, 3.05) is 26.2 Å². The van der Waals surface area contributed by atoms with Crippen LogP contribution in [0.15, 0.2) is 23.3 Å². The second kappa shape index (κ2) is 8.68. The summed E-state index contributed by atoms with van der Waals surface area (Å²) in [5.74, 6) is 0.205. The van der Waals surface area contributed by atoms with E-state index >= 15 is 0 Å². The van der Waals surface area contributed by atoms with Crippen molar-refractivity contribution < 1.29 is 24.2 Å². The molecule has 0 radical (unpaired) electrons. The van der Waals surface area contributed by atoms with Crippen molar-refractivity contribution in [3.05, 3.63) is 23.3 Å². The number of fused-ring (bicyclic) bond motifs is 2. The van der Waals surface area contributed by atoms with Crippen molar-refractivity contribution in [1.82, 2.24) is 4.90 Å². The van der Waals surface area contributed by atoms with Gasteiger partial charge in [0, 0.05) is 30.1 Å². The molecule has 1 aliphatic heterocycles. The number of carbonyl (C=O) groups excluding carboxylic acids is 1. The van der Waals surface area contributed by atoms with Crippen molar-refractivity contribution in [2.45, 2.75) is 65.8 Å². The smallest absolute Gasteiger partial charge is 0.315 e. The van der Waals surface area contributed by atoms with Gasteiger partial charge in [-0.1, -0.05) is 57.0 Å². The molecule has 0 unspecified atom stereocenters. The Morgan fingerprint density at radius 2 is 2.09 bits per heavy atom. The van der Waals surface area contributed by atoms with E-state index in [9.17, 15) is 14.7 Å². The molecule has 35 heavy (non-hydrogen) atoms. The lowest BCUT2D eigenvalue weighted by atomic mass is 9.43. The Balaban J connectivity index is 1.53. The Bertz CT molecular complexity index is 950. The highest BCUT2D eigenvalue weighted by Crippen LogP contribution is 2.82. The minimum Gasteiger partial charge on any atom is -0.481 e. The molecule has 5 aliphatic rings. The number of allylic oxidation sites excluding steroid dienone is 1. The van der Waals surface area contributed by atoms with E-state index in [0.717, 1.165) is 37.7 Å². The summed E-state index contributed by atoms with van der Waals surface area (Å²) in [7, 11) is 0. The summed E-state index contributed by atoms with van der Waals surface area (Å²) < 4.78 is 12.7. The van der Waals surface area contributed by atoms with E-state index < -0.39 is 28.5 Å². The highest BCUT2D eigenvalue weighted by atomic mass is 35.5. The Labute approximate surface area is 214 Å². The number of carboxylic acids is 1. The van der Waals surface area contributed by atoms with Gasteiger partial charge in [0.1, 0.15) is 11.7 Å². The Morgan fingerprint density at radius 1 is 1.34 bits per heavy atom. The molecular weight excluding hydrogens is 466 g/mol. The maximum atomic E-state index is 13.5. The van der Waals surface area contributed by atoms with Gasteiger partial charge in [0.15, 0.2) is 6.29 Å². The number of rotatable bonds is 8. The summed E-state index contributed by atoms with van der Waals surface area (Å²) in [5, 5.41) is 11.6. The molecule has 1 N–H and O–H groups in total. The number of carbonyl (C=O) groups is 2. The van der Waals surface area contributed by atoms with Crippen molar-refractivity contribution >= 4 is 23.9 Å². The van der Waals surface area contributed by atoms with Crippen LogP contribution in [-0.2, 0) is 19.1 Å². The lowest BCUT2D eigenvalue weighted by Crippen LogP contribution is -2.64. The van der Waals surface area contributed by atoms with Crippen LogP contribution in [0.2, 0.25) is 0 Å². The Morgan fingerprint density at radius 3 is 2.71 bits per heavy atom. The van der Waals surface area contributed by atoms with Gasteiger partial charge in [-0.05, 0) is 55.8 Å². The van der Waals surface area contributed by atoms with E-state index in [2.05, 4.69) is 38.3 Å². The topological polar surface area (TPSA) is 76.1 Å². The first-order valence-electron chi connectivity index (χ1n) is 13.3. The molecule has 1 heterocycles. The van der Waals surface area contributed by atoms with Crippen LogP contribution < -0.4 is 0 Å². The Kier molecular flexibility index (Phi) is 6.31. The second-order valence-corrected chi connectivity index (χ2v) is 12.9. The van der Waals surface area contributed by atoms with E-state index in [1.807, 2.05) is 6.92 Å². The van der Waals surface area contributed by atoms with E-state index in [1.165, 1.54) is 0 Å². The SMILES string of the molecule is C=C(Cl)CN1C[C@H](OC[C@@]23C[C@@H]4[C@H](C)CC[C@H]4[C@]4(C=O)C[C@H]2C=C(C(C)C)[C@@]34C(=O)O)O[C@H](C)C1. The molecule has 1 saturated heterocycles. The van der Waals surface area contributed by atoms with Gasteiger partial charge in [-0.25, -0.2) is 0 Å². The maximum Gasteiger partial charge on any atom is 0.315 e. The molecule has 4 aliphatic carbocycles. The zero-order chi connectivity index (χ0) is 25.3. The quantitative estimate of drug-likeness (QED) is 0.380. The maximum absolute atomic E-state index is 13.5. The molecule has 7 heteroatoms. The molecule has 4 bridgehead atoms. The molecule has 4 fully saturated rings. The number of hydrogen-bond acceptors (Lipinski definition) is 5. The number of aliphatic carboxylic acids is 1. The summed E-state index contributed by atoms with van der Waals surface area (Å²) in [6, 6.07) is 0. The molecule has 0 aromatic heterocycles. The number of hydrogen-bond donors (Lipinski definition) is 1. The molecule has 9 atom stereocenters. The van der Waals surface area contributed by atoms with Crippen LogP contribution in [0.4, 0.5) is 0 Å². The van der Waals surface area contributed by atoms with E-state index in [4.69, 9.17) is 21.1 Å². The van der Waals surface area contributed by atoms with Crippen LogP contribution in [0.25, 0.3) is 0 Å². The van der Waals surface area contributed by atoms with Gasteiger partial charge in [-0.2, -0.15) is 0 Å². The van der Waals surface area contributed by atoms with Gasteiger partial charge in [0.2, 0.25) is 0 Å². The average Bonchev–Trinajstić information content (AvgIpc) is 3.34. The zero-order valence-electron chi connectivity index (χ0n) is 21.5. The molecule has 194 valence electrons. The molecule has 0 aromatic rings. The second-order valence-electron chi connectivity index (χ2n) is 12.4. The van der Waals surface area contributed by atoms with Gasteiger partial charge < -0.3 is 19.4 Å². The van der Waals surface area contributed by atoms with Crippen LogP contribution in [0.3, 0.4) is 0 Å². The fourth-order valence-corrected chi connectivity index (χ4v) is 9.50. The minimum absolute atomic E-state index is 0.0266.